The molecule has 0 aliphatic rings. The summed E-state index contributed by atoms with van der Waals surface area (Å²) in [5, 5.41) is 19.5. The van der Waals surface area contributed by atoms with Gasteiger partial charge in [0.1, 0.15) is 17.2 Å². The van der Waals surface area contributed by atoms with Gasteiger partial charge in [-0.2, -0.15) is 5.26 Å². The number of thiophene rings is 1. The number of hydrogen-bond acceptors (Lipinski definition) is 6. The number of benzene rings is 9. The molecule has 5 aromatic heterocycles. The van der Waals surface area contributed by atoms with Gasteiger partial charge in [0.2, 0.25) is 0 Å². The molecule has 9 aromatic carbocycles. The Morgan fingerprint density at radius 2 is 1.14 bits per heavy atom. The van der Waals surface area contributed by atoms with Gasteiger partial charge in [0, 0.05) is 74.9 Å². The Hall–Kier alpha value is -8.90. The Labute approximate surface area is 387 Å². The lowest BCUT2D eigenvalue weighted by atomic mass is 10.1. The lowest BCUT2D eigenvalue weighted by Gasteiger charge is -2.13. The molecular formula is C58H32N6OS. The highest BCUT2D eigenvalue weighted by atomic mass is 32.1. The highest BCUT2D eigenvalue weighted by Crippen LogP contribution is 2.44. The van der Waals surface area contributed by atoms with E-state index in [0.717, 1.165) is 65.7 Å². The maximum atomic E-state index is 11.2. The van der Waals surface area contributed by atoms with Crippen molar-refractivity contribution in [2.75, 3.05) is 0 Å². The van der Waals surface area contributed by atoms with E-state index in [1.54, 1.807) is 17.4 Å². The molecule has 66 heavy (non-hydrogen) atoms. The third-order valence-electron chi connectivity index (χ3n) is 12.7. The quantitative estimate of drug-likeness (QED) is 0.172. The first-order valence-electron chi connectivity index (χ1n) is 23.9. The first kappa shape index (κ1) is 31.9. The molecule has 0 aliphatic carbocycles. The minimum Gasteiger partial charge on any atom is -0.456 e. The molecule has 0 unspecified atom stereocenters. The van der Waals surface area contributed by atoms with E-state index >= 15 is 0 Å². The summed E-state index contributed by atoms with van der Waals surface area (Å²) in [4.78, 5) is 14.6. The highest BCUT2D eigenvalue weighted by Gasteiger charge is 2.23. The van der Waals surface area contributed by atoms with E-state index in [1.165, 1.54) is 20.2 Å². The molecule has 0 atom stereocenters. The molecule has 7 nitrogen and oxygen atoms in total. The number of rotatable bonds is 5. The molecular weight excluding hydrogens is 829 g/mol. The fraction of sp³-hybridized carbons (Fsp3) is 0. The minimum absolute atomic E-state index is 0.103. The van der Waals surface area contributed by atoms with Crippen LogP contribution in [-0.4, -0.2) is 24.1 Å². The van der Waals surface area contributed by atoms with Crippen LogP contribution in [0.4, 0.5) is 0 Å². The molecule has 0 N–H and O–H groups in total. The number of furan rings is 1. The molecule has 14 aromatic rings. The van der Waals surface area contributed by atoms with E-state index in [2.05, 4.69) is 106 Å². The van der Waals surface area contributed by atoms with Crippen LogP contribution in [0, 0.1) is 11.3 Å². The normalized spacial score (nSPS) is 13.0. The third-order valence-corrected chi connectivity index (χ3v) is 13.9. The van der Waals surface area contributed by atoms with Crippen molar-refractivity contribution in [2.24, 2.45) is 0 Å². The van der Waals surface area contributed by atoms with Crippen molar-refractivity contribution in [3.05, 3.63) is 200 Å². The summed E-state index contributed by atoms with van der Waals surface area (Å²) >= 11 is 1.80. The summed E-state index contributed by atoms with van der Waals surface area (Å²) in [6.07, 6.45) is 0. The number of nitriles is 1. The first-order chi connectivity index (χ1) is 34.7. The van der Waals surface area contributed by atoms with Crippen LogP contribution < -0.4 is 0 Å². The standard InChI is InChI=1S/C58H32N6OS/c59-33-37-30-35(57-60-56(34-12-2-1-3-13-34)61-58(62-57)36-23-28-51-44(31-36)40-15-6-10-20-50(40)65-51)22-26-46(37)64-47-18-8-4-14-39(47)42-25-27-49-54(55(42)64)43-17-5-9-19-48(43)63(49)38-24-29-53-45(32-38)41-16-7-11-21-52(41)66-53/h1-32H/i1D,2D,3D,12D,13D. The van der Waals surface area contributed by atoms with Crippen molar-refractivity contribution in [3.8, 4) is 51.6 Å². The van der Waals surface area contributed by atoms with Gasteiger partial charge in [-0.05, 0) is 84.9 Å². The number of nitrogens with zero attached hydrogens (tertiary/aromatic N) is 6. The molecule has 306 valence electrons. The third kappa shape index (κ3) is 5.38. The van der Waals surface area contributed by atoms with Gasteiger partial charge >= 0.3 is 0 Å². The van der Waals surface area contributed by atoms with Gasteiger partial charge in [0.15, 0.2) is 17.5 Å². The number of aromatic nitrogens is 5. The van der Waals surface area contributed by atoms with Gasteiger partial charge in [-0.3, -0.25) is 0 Å². The summed E-state index contributed by atoms with van der Waals surface area (Å²) in [6, 6.07) is 55.2. The second-order valence-corrected chi connectivity index (χ2v) is 17.4. The summed E-state index contributed by atoms with van der Waals surface area (Å²) < 4.78 is 56.1. The minimum atomic E-state index is -0.523. The van der Waals surface area contributed by atoms with Crippen LogP contribution in [0.3, 0.4) is 0 Å². The van der Waals surface area contributed by atoms with Gasteiger partial charge in [0.05, 0.1) is 40.2 Å². The zero-order valence-electron chi connectivity index (χ0n) is 39.6. The monoisotopic (exact) mass is 865 g/mol. The Morgan fingerprint density at radius 3 is 1.95 bits per heavy atom. The average molecular weight is 866 g/mol. The second kappa shape index (κ2) is 14.1. The van der Waals surface area contributed by atoms with E-state index in [1.807, 2.05) is 66.7 Å². The van der Waals surface area contributed by atoms with Crippen LogP contribution in [0.25, 0.3) is 131 Å². The molecule has 0 radical (unpaired) electrons. The van der Waals surface area contributed by atoms with Crippen molar-refractivity contribution in [2.45, 2.75) is 0 Å². The average Bonchev–Trinajstić information content (AvgIpc) is 4.17. The summed E-state index contributed by atoms with van der Waals surface area (Å²) in [5.74, 6) is 0.258. The molecule has 0 saturated carbocycles. The highest BCUT2D eigenvalue weighted by molar-refractivity contribution is 7.25. The summed E-state index contributed by atoms with van der Waals surface area (Å²) in [5.41, 5.74) is 8.30. The Balaban J connectivity index is 0.996. The van der Waals surface area contributed by atoms with Crippen LogP contribution in [0.1, 0.15) is 12.4 Å². The lowest BCUT2D eigenvalue weighted by molar-refractivity contribution is 0.669. The molecule has 14 rings (SSSR count). The summed E-state index contributed by atoms with van der Waals surface area (Å²) in [7, 11) is 0. The predicted octanol–water partition coefficient (Wildman–Crippen LogP) is 15.2. The topological polar surface area (TPSA) is 85.5 Å². The Bertz CT molecular complexity index is 4670. The molecule has 0 bridgehead atoms. The zero-order valence-corrected chi connectivity index (χ0v) is 35.4. The van der Waals surface area contributed by atoms with Crippen molar-refractivity contribution in [3.63, 3.8) is 0 Å². The van der Waals surface area contributed by atoms with Crippen molar-refractivity contribution < 1.29 is 11.3 Å². The fourth-order valence-electron chi connectivity index (χ4n) is 9.82. The molecule has 0 spiro atoms. The number of para-hydroxylation sites is 3. The fourth-order valence-corrected chi connectivity index (χ4v) is 10.9. The number of fused-ring (bicyclic) bond motifs is 13. The smallest absolute Gasteiger partial charge is 0.164 e. The largest absolute Gasteiger partial charge is 0.456 e. The van der Waals surface area contributed by atoms with E-state index in [9.17, 15) is 5.26 Å². The van der Waals surface area contributed by atoms with E-state index < -0.39 is 30.2 Å². The number of hydrogen-bond donors (Lipinski definition) is 0. The van der Waals surface area contributed by atoms with Gasteiger partial charge in [0.25, 0.3) is 0 Å². The molecule has 0 fully saturated rings. The first-order valence-corrected chi connectivity index (χ1v) is 22.2. The predicted molar refractivity (Wildman–Crippen MR) is 270 cm³/mol. The Morgan fingerprint density at radius 1 is 0.485 bits per heavy atom. The molecule has 5 heterocycles. The second-order valence-electron chi connectivity index (χ2n) is 16.3. The SMILES string of the molecule is [2H]c1c([2H])c([2H])c(-c2nc(-c3ccc(-n4c5ccccc5c5ccc6c(c7ccccc7n6-c6ccc7sc8ccccc8c7c6)c54)c(C#N)c3)nc(-c3ccc4oc5ccccc5c4c3)n2)c([2H])c1[2H]. The molecule has 0 aliphatic heterocycles. The van der Waals surface area contributed by atoms with Crippen molar-refractivity contribution in [1.82, 2.24) is 24.1 Å². The van der Waals surface area contributed by atoms with E-state index in [4.69, 9.17) is 26.2 Å². The molecule has 8 heteroatoms. The van der Waals surface area contributed by atoms with Gasteiger partial charge in [-0.25, -0.2) is 15.0 Å². The van der Waals surface area contributed by atoms with E-state index in [-0.39, 0.29) is 23.0 Å². The summed E-state index contributed by atoms with van der Waals surface area (Å²) in [6.45, 7) is 0. The van der Waals surface area contributed by atoms with Crippen LogP contribution in [0.15, 0.2) is 198 Å². The van der Waals surface area contributed by atoms with E-state index in [0.29, 0.717) is 28.0 Å². The van der Waals surface area contributed by atoms with Crippen molar-refractivity contribution >= 4 is 97.1 Å². The van der Waals surface area contributed by atoms with Gasteiger partial charge in [-0.1, -0.05) is 109 Å². The lowest BCUT2D eigenvalue weighted by Crippen LogP contribution is -2.02. The van der Waals surface area contributed by atoms with Crippen LogP contribution in [-0.2, 0) is 0 Å². The van der Waals surface area contributed by atoms with Crippen LogP contribution in [0.2, 0.25) is 0 Å². The maximum Gasteiger partial charge on any atom is 0.164 e. The van der Waals surface area contributed by atoms with Crippen LogP contribution in [0.5, 0.6) is 0 Å². The zero-order chi connectivity index (χ0) is 47.8. The van der Waals surface area contributed by atoms with Crippen LogP contribution >= 0.6 is 11.3 Å². The molecule has 0 saturated heterocycles. The van der Waals surface area contributed by atoms with Gasteiger partial charge in [-0.15, -0.1) is 11.3 Å². The maximum absolute atomic E-state index is 11.2. The Kier molecular flexibility index (Phi) is 6.78. The molecule has 0 amide bonds. The van der Waals surface area contributed by atoms with Gasteiger partial charge < -0.3 is 13.6 Å². The van der Waals surface area contributed by atoms with Crippen molar-refractivity contribution in [1.29, 1.82) is 5.26 Å².